The molecule has 7 nitrogen and oxygen atoms in total. The monoisotopic (exact) mass is 415 g/mol. The summed E-state index contributed by atoms with van der Waals surface area (Å²) < 4.78 is 35.1. The molecule has 0 aliphatic carbocycles. The number of benzene rings is 2. The maximum Gasteiger partial charge on any atom is 0.387 e. The predicted octanol–water partition coefficient (Wildman–Crippen LogP) is 3.59. The fourth-order valence-electron chi connectivity index (χ4n) is 2.59. The van der Waals surface area contributed by atoms with Crippen LogP contribution in [0.1, 0.15) is 12.0 Å². The van der Waals surface area contributed by atoms with Gasteiger partial charge in [0.15, 0.2) is 6.61 Å². The van der Waals surface area contributed by atoms with Crippen molar-refractivity contribution in [1.82, 2.24) is 9.78 Å². The van der Waals surface area contributed by atoms with Crippen molar-refractivity contribution in [3.05, 3.63) is 72.6 Å². The van der Waals surface area contributed by atoms with E-state index >= 15 is 0 Å². The number of halogens is 2. The van der Waals surface area contributed by atoms with Gasteiger partial charge in [0.2, 0.25) is 0 Å². The molecule has 0 spiro atoms. The van der Waals surface area contributed by atoms with E-state index in [0.717, 1.165) is 11.3 Å². The normalized spacial score (nSPS) is 10.6. The van der Waals surface area contributed by atoms with Crippen molar-refractivity contribution in [2.75, 3.05) is 11.9 Å². The molecule has 3 aromatic rings. The molecule has 0 aliphatic rings. The lowest BCUT2D eigenvalue weighted by molar-refractivity contribution is -0.147. The van der Waals surface area contributed by atoms with Gasteiger partial charge < -0.3 is 14.8 Å². The Labute approximate surface area is 171 Å². The Morgan fingerprint density at radius 3 is 2.50 bits per heavy atom. The Morgan fingerprint density at radius 2 is 1.80 bits per heavy atom. The van der Waals surface area contributed by atoms with Gasteiger partial charge in [-0.2, -0.15) is 13.9 Å². The van der Waals surface area contributed by atoms with Gasteiger partial charge in [-0.05, 0) is 48.4 Å². The van der Waals surface area contributed by atoms with Crippen molar-refractivity contribution in [1.29, 1.82) is 0 Å². The third kappa shape index (κ3) is 6.40. The summed E-state index contributed by atoms with van der Waals surface area (Å²) in [6, 6.07) is 15.0. The number of anilines is 1. The van der Waals surface area contributed by atoms with Gasteiger partial charge in [0, 0.05) is 18.3 Å². The zero-order valence-electron chi connectivity index (χ0n) is 15.8. The van der Waals surface area contributed by atoms with Crippen LogP contribution in [0.3, 0.4) is 0 Å². The summed E-state index contributed by atoms with van der Waals surface area (Å²) in [5, 5.41) is 6.76. The molecule has 1 heterocycles. The molecule has 1 amide bonds. The van der Waals surface area contributed by atoms with Crippen LogP contribution in [0.5, 0.6) is 5.75 Å². The minimum atomic E-state index is -2.92. The molecule has 1 N–H and O–H groups in total. The Kier molecular flexibility index (Phi) is 7.09. The van der Waals surface area contributed by atoms with E-state index < -0.39 is 25.1 Å². The lowest BCUT2D eigenvalue weighted by Crippen LogP contribution is -2.21. The molecule has 0 fully saturated rings. The van der Waals surface area contributed by atoms with Gasteiger partial charge in [0.05, 0.1) is 11.9 Å². The van der Waals surface area contributed by atoms with Crippen LogP contribution in [0.25, 0.3) is 5.69 Å². The van der Waals surface area contributed by atoms with Crippen LogP contribution in [0.2, 0.25) is 0 Å². The quantitative estimate of drug-likeness (QED) is 0.540. The molecule has 9 heteroatoms. The average Bonchev–Trinajstić information content (AvgIpc) is 3.22. The molecule has 1 aromatic heterocycles. The number of hydrogen-bond acceptors (Lipinski definition) is 5. The van der Waals surface area contributed by atoms with E-state index in [4.69, 9.17) is 4.74 Å². The average molecular weight is 415 g/mol. The van der Waals surface area contributed by atoms with Crippen LogP contribution in [-0.2, 0) is 20.7 Å². The van der Waals surface area contributed by atoms with Gasteiger partial charge >= 0.3 is 12.6 Å². The molecule has 30 heavy (non-hydrogen) atoms. The van der Waals surface area contributed by atoms with Crippen molar-refractivity contribution < 1.29 is 27.8 Å². The summed E-state index contributed by atoms with van der Waals surface area (Å²) in [5.41, 5.74) is 2.15. The molecular formula is C21H19F2N3O4. The van der Waals surface area contributed by atoms with Gasteiger partial charge in [-0.25, -0.2) is 4.68 Å². The third-order valence-electron chi connectivity index (χ3n) is 4.00. The lowest BCUT2D eigenvalue weighted by atomic mass is 10.2. The summed E-state index contributed by atoms with van der Waals surface area (Å²) in [6.45, 7) is -3.37. The maximum absolute atomic E-state index is 12.1. The van der Waals surface area contributed by atoms with Crippen LogP contribution in [-0.4, -0.2) is 34.9 Å². The van der Waals surface area contributed by atoms with E-state index in [-0.39, 0.29) is 12.2 Å². The van der Waals surface area contributed by atoms with E-state index in [2.05, 4.69) is 15.2 Å². The molecule has 0 bridgehead atoms. The first kappa shape index (κ1) is 21.0. The fraction of sp³-hybridized carbons (Fsp3) is 0.190. The number of aromatic nitrogens is 2. The summed E-state index contributed by atoms with van der Waals surface area (Å²) in [4.78, 5) is 23.7. The molecule has 3 rings (SSSR count). The number of carbonyl (C=O) groups is 2. The second-order valence-corrected chi connectivity index (χ2v) is 6.24. The lowest BCUT2D eigenvalue weighted by Gasteiger charge is -2.08. The third-order valence-corrected chi connectivity index (χ3v) is 4.00. The van der Waals surface area contributed by atoms with Gasteiger partial charge in [-0.1, -0.05) is 18.2 Å². The molecule has 0 aliphatic heterocycles. The number of nitrogens with one attached hydrogen (secondary N) is 1. The van der Waals surface area contributed by atoms with Gasteiger partial charge in [-0.15, -0.1) is 0 Å². The van der Waals surface area contributed by atoms with Gasteiger partial charge in [0.1, 0.15) is 5.75 Å². The Bertz CT molecular complexity index is 975. The largest absolute Gasteiger partial charge is 0.456 e. The van der Waals surface area contributed by atoms with Crippen LogP contribution < -0.4 is 10.1 Å². The van der Waals surface area contributed by atoms with E-state index in [0.29, 0.717) is 12.1 Å². The zero-order valence-corrected chi connectivity index (χ0v) is 15.8. The number of alkyl halides is 2. The van der Waals surface area contributed by atoms with Crippen molar-refractivity contribution >= 4 is 17.6 Å². The molecule has 0 saturated heterocycles. The topological polar surface area (TPSA) is 82.5 Å². The van der Waals surface area contributed by atoms with Gasteiger partial charge in [0.25, 0.3) is 5.91 Å². The van der Waals surface area contributed by atoms with Crippen molar-refractivity contribution in [3.63, 3.8) is 0 Å². The molecule has 0 radical (unpaired) electrons. The number of esters is 1. The molecule has 0 saturated carbocycles. The predicted molar refractivity (Wildman–Crippen MR) is 105 cm³/mol. The molecule has 2 aromatic carbocycles. The highest BCUT2D eigenvalue weighted by atomic mass is 19.3. The van der Waals surface area contributed by atoms with E-state index in [1.807, 2.05) is 36.5 Å². The molecule has 0 unspecified atom stereocenters. The highest BCUT2D eigenvalue weighted by Crippen LogP contribution is 2.17. The van der Waals surface area contributed by atoms with E-state index in [1.54, 1.807) is 10.9 Å². The van der Waals surface area contributed by atoms with Crippen LogP contribution >= 0.6 is 0 Å². The number of carbonyl (C=O) groups excluding carboxylic acids is 2. The maximum atomic E-state index is 12.1. The Balaban J connectivity index is 1.39. The zero-order chi connectivity index (χ0) is 21.3. The van der Waals surface area contributed by atoms with Crippen LogP contribution in [0, 0.1) is 0 Å². The SMILES string of the molecule is O=C(COC(=O)CCc1cnn(-c2ccccc2)c1)Nc1ccc(OC(F)F)cc1. The number of nitrogens with zero attached hydrogens (tertiary/aromatic N) is 2. The van der Waals surface area contributed by atoms with Crippen molar-refractivity contribution in [3.8, 4) is 11.4 Å². The number of rotatable bonds is 9. The molecule has 156 valence electrons. The Morgan fingerprint density at radius 1 is 1.07 bits per heavy atom. The van der Waals surface area contributed by atoms with Crippen LogP contribution in [0.15, 0.2) is 67.0 Å². The molecule has 0 atom stereocenters. The van der Waals surface area contributed by atoms with Crippen molar-refractivity contribution in [2.45, 2.75) is 19.5 Å². The first-order chi connectivity index (χ1) is 14.5. The first-order valence-electron chi connectivity index (χ1n) is 9.09. The van der Waals surface area contributed by atoms with Gasteiger partial charge in [-0.3, -0.25) is 9.59 Å². The number of amides is 1. The first-order valence-corrected chi connectivity index (χ1v) is 9.09. The van der Waals surface area contributed by atoms with Crippen LogP contribution in [0.4, 0.5) is 14.5 Å². The smallest absolute Gasteiger partial charge is 0.387 e. The second kappa shape index (κ2) is 10.1. The summed E-state index contributed by atoms with van der Waals surface area (Å²) >= 11 is 0. The minimum Gasteiger partial charge on any atom is -0.456 e. The number of para-hydroxylation sites is 1. The Hall–Kier alpha value is -3.75. The minimum absolute atomic E-state index is 0.0231. The summed E-state index contributed by atoms with van der Waals surface area (Å²) in [7, 11) is 0. The highest BCUT2D eigenvalue weighted by Gasteiger charge is 2.10. The second-order valence-electron chi connectivity index (χ2n) is 6.24. The highest BCUT2D eigenvalue weighted by molar-refractivity contribution is 5.92. The fourth-order valence-corrected chi connectivity index (χ4v) is 2.59. The number of ether oxygens (including phenoxy) is 2. The molecular weight excluding hydrogens is 396 g/mol. The summed E-state index contributed by atoms with van der Waals surface area (Å²) in [5.74, 6) is -1.08. The van der Waals surface area contributed by atoms with E-state index in [1.165, 1.54) is 24.3 Å². The standard InChI is InChI=1S/C21H19F2N3O4/c22-21(23)30-18-9-7-16(8-10-18)25-19(27)14-29-20(28)11-6-15-12-24-26(13-15)17-4-2-1-3-5-17/h1-5,7-10,12-13,21H,6,11,14H2,(H,25,27). The number of aryl methyl sites for hydroxylation is 1. The van der Waals surface area contributed by atoms with Crippen molar-refractivity contribution in [2.24, 2.45) is 0 Å². The number of hydrogen-bond donors (Lipinski definition) is 1. The van der Waals surface area contributed by atoms with E-state index in [9.17, 15) is 18.4 Å². The summed E-state index contributed by atoms with van der Waals surface area (Å²) in [6.07, 6.45) is 4.04.